The first-order valence-electron chi connectivity index (χ1n) is 14.1. The van der Waals surface area contributed by atoms with Crippen LogP contribution in [0.1, 0.15) is 92.9 Å². The van der Waals surface area contributed by atoms with Crippen LogP contribution in [0.3, 0.4) is 0 Å². The predicted octanol–water partition coefficient (Wildman–Crippen LogP) is 4.06. The Morgan fingerprint density at radius 1 is 0.771 bits per heavy atom. The molecule has 5 aliphatic carbocycles. The SMILES string of the molecule is C[C@]1(CO)C[C@H]2C3=CC[C@@H]4[C@@]5(C)CC[C@H](O)[C@](C)(CO)[C@@H]5CC[C@@]4(C)[C@]3(C)CC[C@@]2(C)[C@H](O)[C@@H]1O. The summed E-state index contributed by atoms with van der Waals surface area (Å²) in [4.78, 5) is 0. The molecule has 4 fully saturated rings. The lowest BCUT2D eigenvalue weighted by Crippen LogP contribution is -2.67. The molecule has 0 bridgehead atoms. The van der Waals surface area contributed by atoms with E-state index in [0.29, 0.717) is 18.3 Å². The first kappa shape index (κ1) is 26.2. The van der Waals surface area contributed by atoms with Gasteiger partial charge in [0, 0.05) is 16.2 Å². The maximum atomic E-state index is 11.3. The van der Waals surface area contributed by atoms with Gasteiger partial charge in [0.05, 0.1) is 31.5 Å². The number of rotatable bonds is 2. The molecule has 0 aromatic carbocycles. The monoisotopic (exact) mass is 490 g/mol. The van der Waals surface area contributed by atoms with Gasteiger partial charge in [-0.3, -0.25) is 0 Å². The van der Waals surface area contributed by atoms with Crippen molar-refractivity contribution in [2.75, 3.05) is 13.2 Å². The molecular weight excluding hydrogens is 440 g/mol. The van der Waals surface area contributed by atoms with Crippen LogP contribution in [-0.4, -0.2) is 57.1 Å². The van der Waals surface area contributed by atoms with Crippen molar-refractivity contribution in [3.8, 4) is 0 Å². The largest absolute Gasteiger partial charge is 0.396 e. The van der Waals surface area contributed by atoms with Crippen LogP contribution in [0.2, 0.25) is 0 Å². The Morgan fingerprint density at radius 3 is 2.09 bits per heavy atom. The Labute approximate surface area is 212 Å². The topological polar surface area (TPSA) is 101 Å². The quantitative estimate of drug-likeness (QED) is 0.376. The van der Waals surface area contributed by atoms with Gasteiger partial charge < -0.3 is 25.5 Å². The summed E-state index contributed by atoms with van der Waals surface area (Å²) in [6.45, 7) is 13.5. The minimum absolute atomic E-state index is 0.00185. The normalized spacial score (nSPS) is 60.0. The summed E-state index contributed by atoms with van der Waals surface area (Å²) in [5.41, 5.74) is 0.0879. The maximum absolute atomic E-state index is 11.3. The first-order valence-corrected chi connectivity index (χ1v) is 14.1. The van der Waals surface area contributed by atoms with Crippen molar-refractivity contribution in [2.45, 2.75) is 111 Å². The Kier molecular flexibility index (Phi) is 5.82. The van der Waals surface area contributed by atoms with Gasteiger partial charge in [-0.15, -0.1) is 0 Å². The second-order valence-corrected chi connectivity index (χ2v) is 15.0. The lowest BCUT2D eigenvalue weighted by molar-refractivity contribution is -0.229. The fourth-order valence-electron chi connectivity index (χ4n) is 10.8. The van der Waals surface area contributed by atoms with E-state index >= 15 is 0 Å². The lowest BCUT2D eigenvalue weighted by atomic mass is 9.33. The third-order valence-corrected chi connectivity index (χ3v) is 13.7. The van der Waals surface area contributed by atoms with Crippen LogP contribution < -0.4 is 0 Å². The van der Waals surface area contributed by atoms with Gasteiger partial charge in [-0.05, 0) is 85.4 Å². The molecule has 200 valence electrons. The highest BCUT2D eigenvalue weighted by Crippen LogP contribution is 2.75. The second kappa shape index (κ2) is 7.79. The summed E-state index contributed by atoms with van der Waals surface area (Å²) >= 11 is 0. The van der Waals surface area contributed by atoms with Crippen LogP contribution in [0.15, 0.2) is 11.6 Å². The fraction of sp³-hybridized carbons (Fsp3) is 0.933. The highest BCUT2D eigenvalue weighted by atomic mass is 16.3. The lowest BCUT2D eigenvalue weighted by Gasteiger charge is -2.72. The molecule has 0 saturated heterocycles. The second-order valence-electron chi connectivity index (χ2n) is 15.0. The maximum Gasteiger partial charge on any atom is 0.0880 e. The molecule has 5 heteroatoms. The Morgan fingerprint density at radius 2 is 1.46 bits per heavy atom. The van der Waals surface area contributed by atoms with Gasteiger partial charge in [0.2, 0.25) is 0 Å². The molecule has 12 atom stereocenters. The van der Waals surface area contributed by atoms with Crippen molar-refractivity contribution in [2.24, 2.45) is 50.2 Å². The molecule has 5 nitrogen and oxygen atoms in total. The van der Waals surface area contributed by atoms with E-state index in [0.717, 1.165) is 44.9 Å². The van der Waals surface area contributed by atoms with Gasteiger partial charge in [-0.1, -0.05) is 53.2 Å². The average molecular weight is 491 g/mol. The molecule has 0 aromatic rings. The summed E-state index contributed by atoms with van der Waals surface area (Å²) in [5.74, 6) is 0.933. The number of hydrogen-bond donors (Lipinski definition) is 5. The summed E-state index contributed by atoms with van der Waals surface area (Å²) in [5, 5.41) is 53.9. The van der Waals surface area contributed by atoms with Crippen LogP contribution in [0.25, 0.3) is 0 Å². The van der Waals surface area contributed by atoms with E-state index in [4.69, 9.17) is 0 Å². The smallest absolute Gasteiger partial charge is 0.0880 e. The highest BCUT2D eigenvalue weighted by molar-refractivity contribution is 5.34. The average Bonchev–Trinajstić information content (AvgIpc) is 2.82. The summed E-state index contributed by atoms with van der Waals surface area (Å²) in [7, 11) is 0. The van der Waals surface area contributed by atoms with Crippen molar-refractivity contribution >= 4 is 0 Å². The number of allylic oxidation sites excluding steroid dienone is 2. The van der Waals surface area contributed by atoms with Crippen LogP contribution in [0.5, 0.6) is 0 Å². The third kappa shape index (κ3) is 3.00. The van der Waals surface area contributed by atoms with Crippen molar-refractivity contribution in [1.29, 1.82) is 0 Å². The molecule has 4 saturated carbocycles. The van der Waals surface area contributed by atoms with Crippen LogP contribution in [0.4, 0.5) is 0 Å². The van der Waals surface area contributed by atoms with Crippen molar-refractivity contribution in [1.82, 2.24) is 0 Å². The standard InChI is InChI=1S/C30H50O5/c1-25(16-31)15-19-18-7-8-21-27(3)11-10-22(33)28(4,17-32)20(27)9-12-30(21,6)29(18,5)14-13-26(19,2)24(35)23(25)34/h7,19-24,31-35H,8-17H2,1-6H3/t19-,20+,21+,22-,23-,24+,25+,26+,27-,28+,29+,30+/m0/s1. The number of hydrogen-bond acceptors (Lipinski definition) is 5. The van der Waals surface area contributed by atoms with Gasteiger partial charge in [0.15, 0.2) is 0 Å². The van der Waals surface area contributed by atoms with Gasteiger partial charge in [-0.2, -0.15) is 0 Å². The Balaban J connectivity index is 1.58. The Bertz CT molecular complexity index is 903. The third-order valence-electron chi connectivity index (χ3n) is 13.7. The molecule has 0 amide bonds. The zero-order chi connectivity index (χ0) is 25.8. The first-order chi connectivity index (χ1) is 16.2. The van der Waals surface area contributed by atoms with Crippen LogP contribution in [0, 0.1) is 50.2 Å². The zero-order valence-corrected chi connectivity index (χ0v) is 22.8. The van der Waals surface area contributed by atoms with Crippen molar-refractivity contribution in [3.05, 3.63) is 11.6 Å². The van der Waals surface area contributed by atoms with E-state index in [1.165, 1.54) is 5.57 Å². The molecule has 0 heterocycles. The summed E-state index contributed by atoms with van der Waals surface area (Å²) in [6, 6.07) is 0. The predicted molar refractivity (Wildman–Crippen MR) is 136 cm³/mol. The van der Waals surface area contributed by atoms with E-state index in [-0.39, 0.29) is 40.8 Å². The van der Waals surface area contributed by atoms with Crippen LogP contribution >= 0.6 is 0 Å². The minimum Gasteiger partial charge on any atom is -0.396 e. The number of fused-ring (bicyclic) bond motifs is 7. The van der Waals surface area contributed by atoms with Gasteiger partial charge in [0.25, 0.3) is 0 Å². The fourth-order valence-corrected chi connectivity index (χ4v) is 10.8. The molecule has 0 aliphatic heterocycles. The van der Waals surface area contributed by atoms with Crippen molar-refractivity contribution in [3.63, 3.8) is 0 Å². The summed E-state index contributed by atoms with van der Waals surface area (Å²) in [6.07, 6.45) is 7.73. The van der Waals surface area contributed by atoms with Gasteiger partial charge in [-0.25, -0.2) is 0 Å². The molecule has 0 radical (unpaired) electrons. The van der Waals surface area contributed by atoms with E-state index in [2.05, 4.69) is 40.7 Å². The Hall–Kier alpha value is -0.460. The van der Waals surface area contributed by atoms with E-state index < -0.39 is 29.1 Å². The number of aliphatic hydroxyl groups excluding tert-OH is 5. The molecule has 5 rings (SSSR count). The molecule has 0 spiro atoms. The summed E-state index contributed by atoms with van der Waals surface area (Å²) < 4.78 is 0. The van der Waals surface area contributed by atoms with Crippen molar-refractivity contribution < 1.29 is 25.5 Å². The van der Waals surface area contributed by atoms with Gasteiger partial charge >= 0.3 is 0 Å². The highest BCUT2D eigenvalue weighted by Gasteiger charge is 2.69. The zero-order valence-electron chi connectivity index (χ0n) is 22.8. The van der Waals surface area contributed by atoms with Crippen LogP contribution in [-0.2, 0) is 0 Å². The molecule has 5 N–H and O–H groups in total. The van der Waals surface area contributed by atoms with Gasteiger partial charge in [0.1, 0.15) is 0 Å². The minimum atomic E-state index is -0.912. The molecule has 0 unspecified atom stereocenters. The molecular formula is C30H50O5. The number of aliphatic hydroxyl groups is 5. The molecule has 35 heavy (non-hydrogen) atoms. The molecule has 0 aromatic heterocycles. The molecule has 5 aliphatic rings. The van der Waals surface area contributed by atoms with E-state index in [1.807, 2.05) is 6.92 Å². The van der Waals surface area contributed by atoms with E-state index in [9.17, 15) is 25.5 Å². The van der Waals surface area contributed by atoms with E-state index in [1.54, 1.807) is 0 Å².